The van der Waals surface area contributed by atoms with Gasteiger partial charge in [-0.05, 0) is 6.42 Å². The van der Waals surface area contributed by atoms with E-state index in [1.54, 1.807) is 0 Å². The lowest BCUT2D eigenvalue weighted by Crippen LogP contribution is -2.17. The Kier molecular flexibility index (Phi) is 17.2. The molecule has 3 nitrogen and oxygen atoms in total. The molecule has 122 valence electrons. The van der Waals surface area contributed by atoms with Crippen molar-refractivity contribution in [3.8, 4) is 0 Å². The van der Waals surface area contributed by atoms with E-state index in [4.69, 9.17) is 4.55 Å². The molecule has 0 aromatic carbocycles. The topological polar surface area (TPSA) is 49.3 Å². The third kappa shape index (κ3) is 18.1. The lowest BCUT2D eigenvalue weighted by molar-refractivity contribution is 0.528. The second kappa shape index (κ2) is 17.1. The van der Waals surface area contributed by atoms with Gasteiger partial charge in [0, 0.05) is 6.54 Å². The van der Waals surface area contributed by atoms with Crippen LogP contribution in [-0.2, 0) is 11.3 Å². The highest BCUT2D eigenvalue weighted by Gasteiger charge is 1.95. The van der Waals surface area contributed by atoms with Gasteiger partial charge < -0.3 is 0 Å². The number of unbranched alkanes of at least 4 members (excludes halogenated alkanes) is 13. The van der Waals surface area contributed by atoms with E-state index in [0.29, 0.717) is 6.54 Å². The van der Waals surface area contributed by atoms with E-state index < -0.39 is 11.3 Å². The molecule has 0 fully saturated rings. The zero-order valence-electron chi connectivity index (χ0n) is 13.4. The van der Waals surface area contributed by atoms with Crippen LogP contribution in [0.5, 0.6) is 0 Å². The maximum atomic E-state index is 10.3. The van der Waals surface area contributed by atoms with Gasteiger partial charge in [-0.2, -0.15) is 0 Å². The van der Waals surface area contributed by atoms with Gasteiger partial charge in [-0.3, -0.25) is 4.55 Å². The van der Waals surface area contributed by atoms with Crippen molar-refractivity contribution < 1.29 is 8.76 Å². The summed E-state index contributed by atoms with van der Waals surface area (Å²) in [4.78, 5) is 0. The van der Waals surface area contributed by atoms with Crippen molar-refractivity contribution in [2.45, 2.75) is 96.8 Å². The van der Waals surface area contributed by atoms with E-state index in [9.17, 15) is 4.21 Å². The van der Waals surface area contributed by atoms with Gasteiger partial charge in [0.2, 0.25) is 11.3 Å². The van der Waals surface area contributed by atoms with Crippen molar-refractivity contribution in [2.24, 2.45) is 0 Å². The molecule has 0 aromatic rings. The Labute approximate surface area is 128 Å². The Morgan fingerprint density at radius 2 is 1.05 bits per heavy atom. The Morgan fingerprint density at radius 1 is 0.700 bits per heavy atom. The molecule has 0 aliphatic rings. The molecule has 0 spiro atoms. The summed E-state index contributed by atoms with van der Waals surface area (Å²) in [5.41, 5.74) is 0. The maximum Gasteiger partial charge on any atom is 0.231 e. The molecule has 0 radical (unpaired) electrons. The van der Waals surface area contributed by atoms with Crippen LogP contribution in [0.25, 0.3) is 0 Å². The molecule has 0 aromatic heterocycles. The lowest BCUT2D eigenvalue weighted by atomic mass is 10.0. The minimum absolute atomic E-state index is 0.654. The first-order valence-corrected chi connectivity index (χ1v) is 9.72. The third-order valence-electron chi connectivity index (χ3n) is 3.76. The number of hydrogen-bond acceptors (Lipinski definition) is 1. The first-order chi connectivity index (χ1) is 9.77. The fourth-order valence-electron chi connectivity index (χ4n) is 2.48. The molecule has 0 rings (SSSR count). The smallest absolute Gasteiger partial charge is 0.231 e. The normalized spacial score (nSPS) is 12.7. The Bertz CT molecular complexity index is 213. The molecule has 0 heterocycles. The quantitative estimate of drug-likeness (QED) is 0.304. The monoisotopic (exact) mass is 305 g/mol. The maximum absolute atomic E-state index is 10.3. The van der Waals surface area contributed by atoms with Gasteiger partial charge in [0.25, 0.3) is 0 Å². The van der Waals surface area contributed by atoms with Crippen LogP contribution >= 0.6 is 0 Å². The minimum Gasteiger partial charge on any atom is -0.294 e. The average molecular weight is 306 g/mol. The average Bonchev–Trinajstić information content (AvgIpc) is 2.43. The fraction of sp³-hybridized carbons (Fsp3) is 1.00. The minimum atomic E-state index is -1.83. The summed E-state index contributed by atoms with van der Waals surface area (Å²) in [5, 5.41) is 0. The molecular formula is C16H35NO2S. The van der Waals surface area contributed by atoms with Crippen molar-refractivity contribution in [1.82, 2.24) is 4.72 Å². The molecule has 1 atom stereocenters. The number of rotatable bonds is 16. The molecule has 0 amide bonds. The molecule has 0 aliphatic carbocycles. The Balaban J connectivity index is 2.94. The molecule has 0 bridgehead atoms. The van der Waals surface area contributed by atoms with Gasteiger partial charge in [0.05, 0.1) is 0 Å². The summed E-state index contributed by atoms with van der Waals surface area (Å²) in [5.74, 6) is 0. The number of nitrogens with one attached hydrogen (secondary N) is 1. The summed E-state index contributed by atoms with van der Waals surface area (Å²) in [7, 11) is 0. The van der Waals surface area contributed by atoms with Gasteiger partial charge in [-0.25, -0.2) is 8.93 Å². The molecule has 2 N–H and O–H groups in total. The van der Waals surface area contributed by atoms with Crippen LogP contribution in [0.3, 0.4) is 0 Å². The number of hydrogen-bond donors (Lipinski definition) is 2. The van der Waals surface area contributed by atoms with Crippen LogP contribution < -0.4 is 4.72 Å². The van der Waals surface area contributed by atoms with Crippen LogP contribution in [-0.4, -0.2) is 15.3 Å². The Morgan fingerprint density at radius 3 is 1.40 bits per heavy atom. The molecule has 4 heteroatoms. The highest BCUT2D eigenvalue weighted by atomic mass is 32.2. The standard InChI is InChI=1S/C16H35NO2S/c1-2-3-4-5-6-7-8-9-10-11-12-13-14-15-16-17-20(18)19/h17H,2-16H2,1H3,(H,18,19). The van der Waals surface area contributed by atoms with Gasteiger partial charge in [-0.15, -0.1) is 0 Å². The second-order valence-corrected chi connectivity index (χ2v) is 6.53. The third-order valence-corrected chi connectivity index (χ3v) is 4.21. The largest absolute Gasteiger partial charge is 0.294 e. The van der Waals surface area contributed by atoms with Crippen molar-refractivity contribution >= 4 is 11.3 Å². The zero-order valence-corrected chi connectivity index (χ0v) is 14.2. The van der Waals surface area contributed by atoms with E-state index in [0.717, 1.165) is 6.42 Å². The molecule has 20 heavy (non-hydrogen) atoms. The van der Waals surface area contributed by atoms with Crippen LogP contribution in [0, 0.1) is 0 Å². The summed E-state index contributed by atoms with van der Waals surface area (Å²) in [6, 6.07) is 0. The van der Waals surface area contributed by atoms with E-state index in [1.165, 1.54) is 83.5 Å². The molecule has 0 saturated heterocycles. The van der Waals surface area contributed by atoms with E-state index in [1.807, 2.05) is 0 Å². The zero-order chi connectivity index (χ0) is 14.9. The van der Waals surface area contributed by atoms with Crippen LogP contribution in [0.4, 0.5) is 0 Å². The first-order valence-electron chi connectivity index (χ1n) is 8.61. The van der Waals surface area contributed by atoms with Crippen molar-refractivity contribution in [2.75, 3.05) is 6.54 Å². The molecule has 0 saturated carbocycles. The summed E-state index contributed by atoms with van der Waals surface area (Å²) in [6.45, 7) is 2.92. The SMILES string of the molecule is CCCCCCCCCCCCCCCCNS(=O)O. The molecular weight excluding hydrogens is 270 g/mol. The van der Waals surface area contributed by atoms with E-state index in [2.05, 4.69) is 11.6 Å². The molecule has 0 aliphatic heterocycles. The van der Waals surface area contributed by atoms with Gasteiger partial charge in [0.1, 0.15) is 0 Å². The van der Waals surface area contributed by atoms with E-state index >= 15 is 0 Å². The summed E-state index contributed by atoms with van der Waals surface area (Å²) >= 11 is -1.83. The first kappa shape index (κ1) is 20.1. The van der Waals surface area contributed by atoms with Gasteiger partial charge >= 0.3 is 0 Å². The highest BCUT2D eigenvalue weighted by Crippen LogP contribution is 2.12. The lowest BCUT2D eigenvalue weighted by Gasteiger charge is -2.03. The Hall–Kier alpha value is 0.0700. The van der Waals surface area contributed by atoms with Crippen molar-refractivity contribution in [3.63, 3.8) is 0 Å². The predicted molar refractivity (Wildman–Crippen MR) is 89.1 cm³/mol. The summed E-state index contributed by atoms with van der Waals surface area (Å²) in [6.07, 6.45) is 18.8. The van der Waals surface area contributed by atoms with Gasteiger partial charge in [-0.1, -0.05) is 90.4 Å². The predicted octanol–water partition coefficient (Wildman–Crippen LogP) is 5.19. The fourth-order valence-corrected chi connectivity index (χ4v) is 2.80. The van der Waals surface area contributed by atoms with Crippen LogP contribution in [0.2, 0.25) is 0 Å². The second-order valence-electron chi connectivity index (χ2n) is 5.74. The van der Waals surface area contributed by atoms with Crippen molar-refractivity contribution in [1.29, 1.82) is 0 Å². The highest BCUT2D eigenvalue weighted by molar-refractivity contribution is 7.77. The molecule has 1 unspecified atom stereocenters. The van der Waals surface area contributed by atoms with Crippen molar-refractivity contribution in [3.05, 3.63) is 0 Å². The van der Waals surface area contributed by atoms with Crippen LogP contribution in [0.1, 0.15) is 96.8 Å². The summed E-state index contributed by atoms with van der Waals surface area (Å²) < 4.78 is 21.4. The van der Waals surface area contributed by atoms with Crippen LogP contribution in [0.15, 0.2) is 0 Å². The van der Waals surface area contributed by atoms with Gasteiger partial charge in [0.15, 0.2) is 0 Å². The van der Waals surface area contributed by atoms with E-state index in [-0.39, 0.29) is 0 Å².